The van der Waals surface area contributed by atoms with Gasteiger partial charge in [-0.05, 0) is 35.8 Å². The molecule has 0 spiro atoms. The lowest BCUT2D eigenvalue weighted by Crippen LogP contribution is -2.64. The van der Waals surface area contributed by atoms with Crippen LogP contribution < -0.4 is 11.1 Å². The minimum Gasteiger partial charge on any atom is -0.404 e. The molecule has 7 heteroatoms. The maximum absolute atomic E-state index is 13.7. The van der Waals surface area contributed by atoms with Gasteiger partial charge in [-0.1, -0.05) is 0 Å². The topological polar surface area (TPSA) is 53.6 Å². The van der Waals surface area contributed by atoms with Gasteiger partial charge in [0.1, 0.15) is 0 Å². The van der Waals surface area contributed by atoms with Crippen LogP contribution in [0.1, 0.15) is 13.3 Å². The van der Waals surface area contributed by atoms with Gasteiger partial charge in [-0.15, -0.1) is 0 Å². The van der Waals surface area contributed by atoms with Crippen molar-refractivity contribution in [3.05, 3.63) is 10.7 Å². The molecular weight excluding hydrogens is 318 g/mol. The van der Waals surface area contributed by atoms with Gasteiger partial charge < -0.3 is 11.1 Å². The Morgan fingerprint density at radius 3 is 2.79 bits per heavy atom. The third-order valence-electron chi connectivity index (χ3n) is 3.64. The Bertz CT molecular complexity index is 391. The molecule has 2 aliphatic rings. The lowest BCUT2D eigenvalue weighted by atomic mass is 9.95. The maximum Gasteiger partial charge on any atom is 0.275 e. The molecule has 0 saturated carbocycles. The van der Waals surface area contributed by atoms with Crippen LogP contribution in [-0.4, -0.2) is 54.8 Å². The molecule has 108 valence electrons. The number of allylic oxidation sites excluding steroid dienone is 1. The molecule has 0 aliphatic carbocycles. The van der Waals surface area contributed by atoms with Gasteiger partial charge in [-0.3, -0.25) is 9.89 Å². The Balaban J connectivity index is 1.89. The van der Waals surface area contributed by atoms with E-state index in [0.29, 0.717) is 26.1 Å². The molecule has 0 aromatic carbocycles. The van der Waals surface area contributed by atoms with Gasteiger partial charge in [0, 0.05) is 25.0 Å². The van der Waals surface area contributed by atoms with Gasteiger partial charge in [-0.2, -0.15) is 0 Å². The van der Waals surface area contributed by atoms with Crippen molar-refractivity contribution in [2.75, 3.05) is 26.2 Å². The van der Waals surface area contributed by atoms with Gasteiger partial charge in [0.05, 0.1) is 23.1 Å². The maximum atomic E-state index is 13.7. The summed E-state index contributed by atoms with van der Waals surface area (Å²) in [6, 6.07) is -0.549. The van der Waals surface area contributed by atoms with Gasteiger partial charge in [0.25, 0.3) is 5.92 Å². The Kier molecular flexibility index (Phi) is 4.58. The summed E-state index contributed by atoms with van der Waals surface area (Å²) in [5, 5.41) is 2.74. The van der Waals surface area contributed by atoms with Gasteiger partial charge in [0.2, 0.25) is 0 Å². The smallest absolute Gasteiger partial charge is 0.275 e. The first-order valence-corrected chi connectivity index (χ1v) is 7.18. The number of halogens is 3. The summed E-state index contributed by atoms with van der Waals surface area (Å²) >= 11 is 3.30. The molecule has 2 heterocycles. The van der Waals surface area contributed by atoms with Gasteiger partial charge >= 0.3 is 0 Å². The molecule has 0 aromatic rings. The standard InChI is InChI=1S/C12H19BrF2N4/c1-8(10(13)4-16)18-9-5-19(6-9)11-2-3-17-7-12(11,14)15/h4,9,11,17H,2-3,5-7,16H2,1H3/b10-4+,18-8?. The van der Waals surface area contributed by atoms with Crippen molar-refractivity contribution in [1.82, 2.24) is 10.2 Å². The highest BCUT2D eigenvalue weighted by Crippen LogP contribution is 2.31. The number of nitrogens with zero attached hydrogens (tertiary/aromatic N) is 2. The second-order valence-electron chi connectivity index (χ2n) is 5.08. The minimum absolute atomic E-state index is 0.0955. The number of piperidine rings is 1. The van der Waals surface area contributed by atoms with E-state index in [2.05, 4.69) is 26.2 Å². The zero-order chi connectivity index (χ0) is 14.0. The van der Waals surface area contributed by atoms with Crippen LogP contribution in [0.2, 0.25) is 0 Å². The average Bonchev–Trinajstić information content (AvgIpc) is 2.32. The Morgan fingerprint density at radius 2 is 2.21 bits per heavy atom. The molecule has 0 amide bonds. The molecule has 0 bridgehead atoms. The summed E-state index contributed by atoms with van der Waals surface area (Å²) in [6.07, 6.45) is 1.94. The van der Waals surface area contributed by atoms with Gasteiger partial charge in [0.15, 0.2) is 0 Å². The van der Waals surface area contributed by atoms with E-state index in [0.717, 1.165) is 10.2 Å². The Hall–Kier alpha value is -0.530. The fourth-order valence-electron chi connectivity index (χ4n) is 2.55. The molecular formula is C12H19BrF2N4. The summed E-state index contributed by atoms with van der Waals surface area (Å²) in [4.78, 5) is 6.30. The molecule has 2 aliphatic heterocycles. The predicted molar refractivity (Wildman–Crippen MR) is 75.9 cm³/mol. The summed E-state index contributed by atoms with van der Waals surface area (Å²) in [6.45, 7) is 3.49. The lowest BCUT2D eigenvalue weighted by Gasteiger charge is -2.47. The number of nitrogens with two attached hydrogens (primary N) is 1. The van der Waals surface area contributed by atoms with Crippen LogP contribution in [0.5, 0.6) is 0 Å². The van der Waals surface area contributed by atoms with Crippen LogP contribution >= 0.6 is 15.9 Å². The summed E-state index contributed by atoms with van der Waals surface area (Å²) in [5.41, 5.74) is 6.19. The predicted octanol–water partition coefficient (Wildman–Crippen LogP) is 1.32. The van der Waals surface area contributed by atoms with E-state index in [9.17, 15) is 8.78 Å². The highest BCUT2D eigenvalue weighted by molar-refractivity contribution is 9.12. The number of rotatable bonds is 3. The lowest BCUT2D eigenvalue weighted by molar-refractivity contribution is -0.114. The van der Waals surface area contributed by atoms with Crippen LogP contribution in [0.15, 0.2) is 15.7 Å². The molecule has 1 atom stereocenters. The van der Waals surface area contributed by atoms with E-state index in [1.807, 2.05) is 11.8 Å². The molecule has 2 fully saturated rings. The van der Waals surface area contributed by atoms with Crippen LogP contribution in [-0.2, 0) is 0 Å². The highest BCUT2D eigenvalue weighted by atomic mass is 79.9. The number of nitrogens with one attached hydrogen (secondary N) is 1. The Labute approximate surface area is 120 Å². The largest absolute Gasteiger partial charge is 0.404 e. The molecule has 0 aromatic heterocycles. The fourth-order valence-corrected chi connectivity index (χ4v) is 2.66. The molecule has 0 radical (unpaired) electrons. The summed E-state index contributed by atoms with van der Waals surface area (Å²) in [5.74, 6) is -2.64. The van der Waals surface area contributed by atoms with Crippen molar-refractivity contribution in [2.45, 2.75) is 31.4 Å². The van der Waals surface area contributed by atoms with Crippen molar-refractivity contribution in [3.63, 3.8) is 0 Å². The van der Waals surface area contributed by atoms with Crippen molar-refractivity contribution in [1.29, 1.82) is 0 Å². The second kappa shape index (κ2) is 5.85. The van der Waals surface area contributed by atoms with Crippen LogP contribution in [0, 0.1) is 0 Å². The van der Waals surface area contributed by atoms with Crippen LogP contribution in [0.25, 0.3) is 0 Å². The number of hydrogen-bond acceptors (Lipinski definition) is 4. The van der Waals surface area contributed by atoms with E-state index >= 15 is 0 Å². The molecule has 2 saturated heterocycles. The Morgan fingerprint density at radius 1 is 1.53 bits per heavy atom. The molecule has 4 nitrogen and oxygen atoms in total. The molecule has 19 heavy (non-hydrogen) atoms. The number of aliphatic imine (C=N–C) groups is 1. The van der Waals surface area contributed by atoms with E-state index < -0.39 is 12.0 Å². The molecule has 2 rings (SSSR count). The first-order chi connectivity index (χ1) is 8.94. The monoisotopic (exact) mass is 336 g/mol. The van der Waals surface area contributed by atoms with Crippen LogP contribution in [0.4, 0.5) is 8.78 Å². The second-order valence-corrected chi connectivity index (χ2v) is 5.93. The third kappa shape index (κ3) is 3.32. The molecule has 3 N–H and O–H groups in total. The van der Waals surface area contributed by atoms with Crippen molar-refractivity contribution < 1.29 is 8.78 Å². The van der Waals surface area contributed by atoms with E-state index in [1.165, 1.54) is 6.20 Å². The SMILES string of the molecule is CC(=NC1CN(C2CCNCC2(F)F)C1)/C(Br)=C\N. The van der Waals surface area contributed by atoms with Crippen LogP contribution in [0.3, 0.4) is 0 Å². The average molecular weight is 337 g/mol. The zero-order valence-electron chi connectivity index (χ0n) is 10.9. The van der Waals surface area contributed by atoms with Crippen molar-refractivity contribution in [2.24, 2.45) is 10.7 Å². The zero-order valence-corrected chi connectivity index (χ0v) is 12.5. The highest BCUT2D eigenvalue weighted by Gasteiger charge is 2.48. The van der Waals surface area contributed by atoms with E-state index in [1.54, 1.807) is 0 Å². The summed E-state index contributed by atoms with van der Waals surface area (Å²) in [7, 11) is 0. The third-order valence-corrected chi connectivity index (χ3v) is 4.48. The first-order valence-electron chi connectivity index (χ1n) is 6.39. The van der Waals surface area contributed by atoms with E-state index in [4.69, 9.17) is 5.73 Å². The van der Waals surface area contributed by atoms with E-state index in [-0.39, 0.29) is 12.6 Å². The van der Waals surface area contributed by atoms with Crippen molar-refractivity contribution >= 4 is 21.6 Å². The first kappa shape index (κ1) is 14.9. The van der Waals surface area contributed by atoms with Crippen molar-refractivity contribution in [3.8, 4) is 0 Å². The summed E-state index contributed by atoms with van der Waals surface area (Å²) < 4.78 is 28.2. The number of alkyl halides is 2. The number of likely N-dealkylation sites (tertiary alicyclic amines) is 1. The minimum atomic E-state index is -2.64. The number of hydrogen-bond donors (Lipinski definition) is 2. The molecule has 1 unspecified atom stereocenters. The quantitative estimate of drug-likeness (QED) is 0.764. The van der Waals surface area contributed by atoms with Gasteiger partial charge in [-0.25, -0.2) is 8.78 Å². The fraction of sp³-hybridized carbons (Fsp3) is 0.750. The normalized spacial score (nSPS) is 30.2.